The first-order chi connectivity index (χ1) is 8.00. The number of anilines is 1. The van der Waals surface area contributed by atoms with Crippen molar-refractivity contribution in [2.45, 2.75) is 0 Å². The Morgan fingerprint density at radius 2 is 2.24 bits per heavy atom. The summed E-state index contributed by atoms with van der Waals surface area (Å²) in [6.07, 6.45) is -0.899. The van der Waals surface area contributed by atoms with Gasteiger partial charge in [0.15, 0.2) is 0 Å². The molecule has 0 aliphatic heterocycles. The van der Waals surface area contributed by atoms with Gasteiger partial charge in [0.2, 0.25) is 0 Å². The van der Waals surface area contributed by atoms with E-state index in [1.165, 1.54) is 12.1 Å². The molecule has 0 unspecified atom stereocenters. The molecule has 0 saturated carbocycles. The minimum absolute atomic E-state index is 0.00257. The lowest BCUT2D eigenvalue weighted by atomic mass is 10.2. The van der Waals surface area contributed by atoms with Gasteiger partial charge in [-0.1, -0.05) is 11.6 Å². The van der Waals surface area contributed by atoms with Crippen molar-refractivity contribution in [2.75, 3.05) is 18.5 Å². The van der Waals surface area contributed by atoms with E-state index < -0.39 is 12.1 Å². The van der Waals surface area contributed by atoms with Crippen LogP contribution >= 0.6 is 11.6 Å². The number of aromatic nitrogens is 1. The second-order valence-corrected chi connectivity index (χ2v) is 3.32. The Balaban J connectivity index is 2.65. The molecule has 4 N–H and O–H groups in total. The molecule has 1 rings (SSSR count). The highest BCUT2D eigenvalue weighted by Gasteiger charge is 2.11. The van der Waals surface area contributed by atoms with Crippen LogP contribution in [-0.4, -0.2) is 35.3 Å². The summed E-state index contributed by atoms with van der Waals surface area (Å²) in [7, 11) is 0. The monoisotopic (exact) mass is 259 g/mol. The number of nitrogens with zero attached hydrogens (tertiary/aromatic N) is 1. The zero-order valence-corrected chi connectivity index (χ0v) is 9.40. The maximum Gasteiger partial charge on any atom is 0.404 e. The van der Waals surface area contributed by atoms with Crippen LogP contribution in [0.25, 0.3) is 0 Å². The van der Waals surface area contributed by atoms with Gasteiger partial charge in [-0.05, 0) is 12.1 Å². The van der Waals surface area contributed by atoms with Crippen molar-refractivity contribution in [3.63, 3.8) is 0 Å². The Labute approximate surface area is 102 Å². The zero-order chi connectivity index (χ0) is 12.8. The summed E-state index contributed by atoms with van der Waals surface area (Å²) in [5.41, 5.74) is 4.73. The largest absolute Gasteiger partial charge is 0.478 e. The molecule has 0 aliphatic carbocycles. The van der Waals surface area contributed by atoms with E-state index in [0.717, 1.165) is 0 Å². The third-order valence-electron chi connectivity index (χ3n) is 1.73. The fraction of sp³-hybridized carbons (Fsp3) is 0.222. The first-order valence-corrected chi connectivity index (χ1v) is 4.94. The Morgan fingerprint density at radius 3 is 2.82 bits per heavy atom. The topological polar surface area (TPSA) is 115 Å². The molecule has 1 aromatic heterocycles. The maximum atomic E-state index is 10.8. The molecular formula is C9H10ClN3O4. The average Bonchev–Trinajstić information content (AvgIpc) is 2.23. The van der Waals surface area contributed by atoms with Gasteiger partial charge in [-0.15, -0.1) is 0 Å². The molecule has 0 aliphatic rings. The van der Waals surface area contributed by atoms with Gasteiger partial charge in [0.25, 0.3) is 0 Å². The van der Waals surface area contributed by atoms with Gasteiger partial charge in [-0.3, -0.25) is 0 Å². The van der Waals surface area contributed by atoms with Gasteiger partial charge in [-0.2, -0.15) is 0 Å². The fourth-order valence-corrected chi connectivity index (χ4v) is 1.21. The first kappa shape index (κ1) is 13.0. The Morgan fingerprint density at radius 1 is 1.53 bits per heavy atom. The lowest BCUT2D eigenvalue weighted by Crippen LogP contribution is -2.19. The smallest absolute Gasteiger partial charge is 0.404 e. The molecule has 0 aromatic carbocycles. The van der Waals surface area contributed by atoms with Crippen LogP contribution in [0.15, 0.2) is 12.1 Å². The van der Waals surface area contributed by atoms with Crippen LogP contribution in [0.1, 0.15) is 10.4 Å². The highest BCUT2D eigenvalue weighted by Crippen LogP contribution is 2.16. The number of amides is 1. The minimum atomic E-state index is -1.13. The van der Waals surface area contributed by atoms with E-state index in [2.05, 4.69) is 15.0 Å². The van der Waals surface area contributed by atoms with Crippen LogP contribution in [0, 0.1) is 0 Å². The molecule has 0 fully saturated rings. The van der Waals surface area contributed by atoms with Crippen molar-refractivity contribution in [3.8, 4) is 0 Å². The number of aromatic carboxylic acids is 1. The van der Waals surface area contributed by atoms with Crippen LogP contribution in [0.3, 0.4) is 0 Å². The molecule has 7 nitrogen and oxygen atoms in total. The van der Waals surface area contributed by atoms with E-state index in [0.29, 0.717) is 0 Å². The average molecular weight is 260 g/mol. The van der Waals surface area contributed by atoms with Crippen molar-refractivity contribution >= 4 is 29.5 Å². The Hall–Kier alpha value is -2.02. The van der Waals surface area contributed by atoms with Crippen molar-refractivity contribution in [2.24, 2.45) is 5.73 Å². The van der Waals surface area contributed by atoms with Crippen molar-refractivity contribution in [1.82, 2.24) is 4.98 Å². The van der Waals surface area contributed by atoms with Crippen LogP contribution < -0.4 is 11.1 Å². The molecule has 8 heteroatoms. The fourth-order valence-electron chi connectivity index (χ4n) is 1.06. The van der Waals surface area contributed by atoms with Gasteiger partial charge in [-0.25, -0.2) is 14.6 Å². The molecular weight excluding hydrogens is 250 g/mol. The maximum absolute atomic E-state index is 10.8. The van der Waals surface area contributed by atoms with Gasteiger partial charge >= 0.3 is 12.1 Å². The van der Waals surface area contributed by atoms with E-state index in [1.54, 1.807) is 0 Å². The third kappa shape index (κ3) is 4.15. The zero-order valence-electron chi connectivity index (χ0n) is 8.64. The number of ether oxygens (including phenoxy) is 1. The van der Waals surface area contributed by atoms with E-state index in [4.69, 9.17) is 22.4 Å². The highest BCUT2D eigenvalue weighted by atomic mass is 35.5. The summed E-state index contributed by atoms with van der Waals surface area (Å²) >= 11 is 5.64. The van der Waals surface area contributed by atoms with Crippen molar-refractivity contribution < 1.29 is 19.4 Å². The van der Waals surface area contributed by atoms with E-state index >= 15 is 0 Å². The van der Waals surface area contributed by atoms with Gasteiger partial charge in [0.1, 0.15) is 23.1 Å². The molecule has 0 radical (unpaired) electrons. The quantitative estimate of drug-likeness (QED) is 0.535. The number of carboxylic acids is 1. The number of rotatable bonds is 5. The number of nitrogens with two attached hydrogens (primary N) is 1. The number of carbonyl (C=O) groups excluding carboxylic acids is 1. The van der Waals surface area contributed by atoms with Crippen molar-refractivity contribution in [3.05, 3.63) is 22.8 Å². The van der Waals surface area contributed by atoms with Crippen molar-refractivity contribution in [1.29, 1.82) is 0 Å². The molecule has 0 bridgehead atoms. The summed E-state index contributed by atoms with van der Waals surface area (Å²) in [5, 5.41) is 11.7. The number of primary amides is 1. The lowest BCUT2D eigenvalue weighted by molar-refractivity contribution is 0.0697. The Bertz CT molecular complexity index is 438. The molecule has 1 aromatic rings. The molecule has 1 amide bonds. The summed E-state index contributed by atoms with van der Waals surface area (Å²) in [6, 6.07) is 2.70. The predicted molar refractivity (Wildman–Crippen MR) is 60.2 cm³/mol. The van der Waals surface area contributed by atoms with Crippen LogP contribution in [0.4, 0.5) is 10.6 Å². The van der Waals surface area contributed by atoms with Crippen LogP contribution in [-0.2, 0) is 4.74 Å². The van der Waals surface area contributed by atoms with Crippen LogP contribution in [0.5, 0.6) is 0 Å². The molecule has 1 heterocycles. The summed E-state index contributed by atoms with van der Waals surface area (Å²) in [4.78, 5) is 24.9. The first-order valence-electron chi connectivity index (χ1n) is 4.56. The summed E-state index contributed by atoms with van der Waals surface area (Å²) < 4.78 is 4.46. The van der Waals surface area contributed by atoms with E-state index in [-0.39, 0.29) is 29.7 Å². The molecule has 92 valence electrons. The van der Waals surface area contributed by atoms with Gasteiger partial charge in [0, 0.05) is 0 Å². The number of nitrogens with one attached hydrogen (secondary N) is 1. The van der Waals surface area contributed by atoms with Crippen LogP contribution in [0.2, 0.25) is 5.15 Å². The third-order valence-corrected chi connectivity index (χ3v) is 1.94. The molecule has 0 spiro atoms. The molecule has 0 atom stereocenters. The predicted octanol–water partition coefficient (Wildman–Crippen LogP) is 0.940. The number of halogens is 1. The normalized spacial score (nSPS) is 9.71. The van der Waals surface area contributed by atoms with E-state index in [1.807, 2.05) is 0 Å². The number of hydrogen-bond acceptors (Lipinski definition) is 5. The van der Waals surface area contributed by atoms with Gasteiger partial charge < -0.3 is 20.9 Å². The minimum Gasteiger partial charge on any atom is -0.478 e. The second kappa shape index (κ2) is 5.90. The summed E-state index contributed by atoms with van der Waals surface area (Å²) in [5.74, 6) is -1.02. The Kier molecular flexibility index (Phi) is 4.53. The molecule has 17 heavy (non-hydrogen) atoms. The lowest BCUT2D eigenvalue weighted by Gasteiger charge is -2.08. The SMILES string of the molecule is NC(=O)OCCNc1nc(Cl)ccc1C(=O)O. The highest BCUT2D eigenvalue weighted by molar-refractivity contribution is 6.29. The van der Waals surface area contributed by atoms with E-state index in [9.17, 15) is 9.59 Å². The number of carboxylic acid groups (broad SMARTS) is 1. The standard InChI is InChI=1S/C9H10ClN3O4/c10-6-2-1-5(8(14)15)7(13-6)12-3-4-17-9(11)16/h1-2H,3-4H2,(H2,11,16)(H,12,13)(H,14,15). The van der Waals surface area contributed by atoms with Gasteiger partial charge in [0.05, 0.1) is 6.54 Å². The number of carbonyl (C=O) groups is 2. The number of hydrogen-bond donors (Lipinski definition) is 3. The summed E-state index contributed by atoms with van der Waals surface area (Å²) in [6.45, 7) is 0.180. The second-order valence-electron chi connectivity index (χ2n) is 2.93. The molecule has 0 saturated heterocycles. The number of pyridine rings is 1.